The number of nitrogens with one attached hydrogen (secondary N) is 1. The van der Waals surface area contributed by atoms with Crippen LogP contribution in [-0.2, 0) is 6.42 Å². The van der Waals surface area contributed by atoms with Crippen LogP contribution in [-0.4, -0.2) is 11.0 Å². The van der Waals surface area contributed by atoms with Crippen LogP contribution >= 0.6 is 27.3 Å². The molecule has 0 radical (unpaired) electrons. The van der Waals surface area contributed by atoms with Gasteiger partial charge in [-0.05, 0) is 43.7 Å². The predicted octanol–water partition coefficient (Wildman–Crippen LogP) is 5.06. The van der Waals surface area contributed by atoms with Crippen molar-refractivity contribution in [2.45, 2.75) is 51.1 Å². The molecule has 1 aliphatic carbocycles. The van der Waals surface area contributed by atoms with Crippen LogP contribution in [0.4, 0.5) is 0 Å². The van der Waals surface area contributed by atoms with E-state index in [-0.39, 0.29) is 0 Å². The van der Waals surface area contributed by atoms with Gasteiger partial charge in [0.2, 0.25) is 0 Å². The summed E-state index contributed by atoms with van der Waals surface area (Å²) >= 11 is 5.50. The minimum Gasteiger partial charge on any atom is -0.305 e. The van der Waals surface area contributed by atoms with Crippen LogP contribution in [0.15, 0.2) is 34.9 Å². The number of halogens is 1. The molecule has 21 heavy (non-hydrogen) atoms. The first kappa shape index (κ1) is 15.2. The van der Waals surface area contributed by atoms with Gasteiger partial charge in [-0.15, -0.1) is 11.3 Å². The molecule has 1 atom stereocenters. The van der Waals surface area contributed by atoms with Crippen molar-refractivity contribution in [3.05, 3.63) is 50.4 Å². The van der Waals surface area contributed by atoms with Crippen molar-refractivity contribution in [2.75, 3.05) is 0 Å². The predicted molar refractivity (Wildman–Crippen MR) is 92.9 cm³/mol. The molecule has 0 aliphatic heterocycles. The number of hydrogen-bond acceptors (Lipinski definition) is 3. The molecule has 112 valence electrons. The maximum absolute atomic E-state index is 4.54. The maximum atomic E-state index is 4.54. The first-order chi connectivity index (χ1) is 10.2. The molecule has 0 amide bonds. The third kappa shape index (κ3) is 3.38. The second-order valence-electron chi connectivity index (χ2n) is 5.79. The molecular weight excluding hydrogens is 344 g/mol. The Morgan fingerprint density at radius 1 is 1.38 bits per heavy atom. The number of benzene rings is 1. The number of rotatable bonds is 5. The Balaban J connectivity index is 1.54. The Bertz CT molecular complexity index is 604. The highest BCUT2D eigenvalue weighted by atomic mass is 79.9. The molecular formula is C17H21BrN2S. The molecule has 2 nitrogen and oxygen atoms in total. The summed E-state index contributed by atoms with van der Waals surface area (Å²) in [6.45, 7) is 4.41. The van der Waals surface area contributed by atoms with Gasteiger partial charge in [0.15, 0.2) is 0 Å². The van der Waals surface area contributed by atoms with Gasteiger partial charge >= 0.3 is 0 Å². The van der Waals surface area contributed by atoms with E-state index in [1.807, 2.05) is 17.5 Å². The van der Waals surface area contributed by atoms with E-state index in [0.29, 0.717) is 18.0 Å². The maximum Gasteiger partial charge on any atom is 0.109 e. The van der Waals surface area contributed by atoms with Gasteiger partial charge in [-0.25, -0.2) is 4.98 Å². The largest absolute Gasteiger partial charge is 0.305 e. The molecule has 0 spiro atoms. The molecule has 2 aromatic rings. The minimum absolute atomic E-state index is 0.362. The summed E-state index contributed by atoms with van der Waals surface area (Å²) in [6, 6.07) is 9.57. The molecule has 1 fully saturated rings. The van der Waals surface area contributed by atoms with Gasteiger partial charge in [-0.2, -0.15) is 0 Å². The van der Waals surface area contributed by atoms with E-state index in [1.165, 1.54) is 32.8 Å². The average molecular weight is 365 g/mol. The summed E-state index contributed by atoms with van der Waals surface area (Å²) < 4.78 is 1.24. The van der Waals surface area contributed by atoms with Gasteiger partial charge in [-0.3, -0.25) is 0 Å². The summed E-state index contributed by atoms with van der Waals surface area (Å²) in [5.74, 6) is 0.688. The van der Waals surface area contributed by atoms with Crippen LogP contribution in [0.3, 0.4) is 0 Å². The van der Waals surface area contributed by atoms with Crippen molar-refractivity contribution < 1.29 is 0 Å². The van der Waals surface area contributed by atoms with E-state index in [4.69, 9.17) is 0 Å². The number of hydrogen-bond donors (Lipinski definition) is 1. The van der Waals surface area contributed by atoms with E-state index < -0.39 is 0 Å². The highest BCUT2D eigenvalue weighted by Crippen LogP contribution is 2.40. The van der Waals surface area contributed by atoms with Crippen molar-refractivity contribution in [3.8, 4) is 0 Å². The molecule has 1 aromatic heterocycles. The van der Waals surface area contributed by atoms with Crippen LogP contribution in [0.2, 0.25) is 0 Å². The van der Waals surface area contributed by atoms with Gasteiger partial charge < -0.3 is 5.32 Å². The SMILES string of the molecule is CCc1cnc(C(C)NC2CC(c3ccccc3Br)C2)s1. The zero-order valence-corrected chi connectivity index (χ0v) is 14.9. The summed E-state index contributed by atoms with van der Waals surface area (Å²) in [5, 5.41) is 4.94. The van der Waals surface area contributed by atoms with Gasteiger partial charge in [0.1, 0.15) is 5.01 Å². The molecule has 1 unspecified atom stereocenters. The lowest BCUT2D eigenvalue weighted by atomic mass is 9.75. The lowest BCUT2D eigenvalue weighted by Crippen LogP contribution is -2.41. The summed E-state index contributed by atoms with van der Waals surface area (Å²) in [7, 11) is 0. The summed E-state index contributed by atoms with van der Waals surface area (Å²) in [4.78, 5) is 5.91. The van der Waals surface area contributed by atoms with Gasteiger partial charge in [0.05, 0.1) is 6.04 Å². The molecule has 0 bridgehead atoms. The lowest BCUT2D eigenvalue weighted by Gasteiger charge is -2.38. The first-order valence-electron chi connectivity index (χ1n) is 7.62. The summed E-state index contributed by atoms with van der Waals surface area (Å²) in [6.07, 6.45) is 5.54. The van der Waals surface area contributed by atoms with Crippen LogP contribution in [0.5, 0.6) is 0 Å². The number of aryl methyl sites for hydroxylation is 1. The highest BCUT2D eigenvalue weighted by molar-refractivity contribution is 9.10. The second-order valence-corrected chi connectivity index (χ2v) is 7.79. The third-order valence-electron chi connectivity index (χ3n) is 4.26. The molecule has 3 rings (SSSR count). The first-order valence-corrected chi connectivity index (χ1v) is 9.23. The van der Waals surface area contributed by atoms with E-state index in [0.717, 1.165) is 6.42 Å². The highest BCUT2D eigenvalue weighted by Gasteiger charge is 2.32. The number of nitrogens with zero attached hydrogens (tertiary/aromatic N) is 1. The average Bonchev–Trinajstić information content (AvgIpc) is 2.92. The fourth-order valence-corrected chi connectivity index (χ4v) is 4.40. The van der Waals surface area contributed by atoms with Crippen molar-refractivity contribution >= 4 is 27.3 Å². The van der Waals surface area contributed by atoms with E-state index in [1.54, 1.807) is 0 Å². The Morgan fingerprint density at radius 3 is 2.81 bits per heavy atom. The molecule has 0 saturated heterocycles. The van der Waals surface area contributed by atoms with Crippen LogP contribution in [0, 0.1) is 0 Å². The normalized spacial score (nSPS) is 22.8. The van der Waals surface area contributed by atoms with Gasteiger partial charge in [0.25, 0.3) is 0 Å². The third-order valence-corrected chi connectivity index (χ3v) is 6.31. The molecule has 1 N–H and O–H groups in total. The molecule has 1 saturated carbocycles. The second kappa shape index (κ2) is 6.59. The fourth-order valence-electron chi connectivity index (χ4n) is 2.93. The van der Waals surface area contributed by atoms with Crippen LogP contribution < -0.4 is 5.32 Å². The standard InChI is InChI=1S/C17H21BrN2S/c1-3-14-10-19-17(21-14)11(2)20-13-8-12(9-13)15-6-4-5-7-16(15)18/h4-7,10-13,20H,3,8-9H2,1-2H3. The Hall–Kier alpha value is -0.710. The molecule has 1 aliphatic rings. The van der Waals surface area contributed by atoms with Crippen molar-refractivity contribution in [3.63, 3.8) is 0 Å². The fraction of sp³-hybridized carbons (Fsp3) is 0.471. The Labute approximate surface area is 139 Å². The van der Waals surface area contributed by atoms with Crippen molar-refractivity contribution in [1.82, 2.24) is 10.3 Å². The van der Waals surface area contributed by atoms with E-state index in [9.17, 15) is 0 Å². The summed E-state index contributed by atoms with van der Waals surface area (Å²) in [5.41, 5.74) is 1.45. The number of thiazole rings is 1. The van der Waals surface area contributed by atoms with Crippen LogP contribution in [0.25, 0.3) is 0 Å². The van der Waals surface area contributed by atoms with Gasteiger partial charge in [0, 0.05) is 21.6 Å². The monoisotopic (exact) mass is 364 g/mol. The topological polar surface area (TPSA) is 24.9 Å². The van der Waals surface area contributed by atoms with Crippen molar-refractivity contribution in [2.24, 2.45) is 0 Å². The molecule has 1 aromatic carbocycles. The van der Waals surface area contributed by atoms with Crippen molar-refractivity contribution in [1.29, 1.82) is 0 Å². The zero-order chi connectivity index (χ0) is 14.8. The smallest absolute Gasteiger partial charge is 0.109 e. The Morgan fingerprint density at radius 2 is 2.14 bits per heavy atom. The minimum atomic E-state index is 0.362. The van der Waals surface area contributed by atoms with E-state index in [2.05, 4.69) is 64.3 Å². The number of aromatic nitrogens is 1. The van der Waals surface area contributed by atoms with Crippen LogP contribution in [0.1, 0.15) is 54.1 Å². The zero-order valence-electron chi connectivity index (χ0n) is 12.5. The quantitative estimate of drug-likeness (QED) is 0.801. The Kier molecular flexibility index (Phi) is 4.77. The van der Waals surface area contributed by atoms with Gasteiger partial charge in [-0.1, -0.05) is 41.1 Å². The lowest BCUT2D eigenvalue weighted by molar-refractivity contribution is 0.270. The molecule has 4 heteroatoms. The van der Waals surface area contributed by atoms with E-state index >= 15 is 0 Å². The molecule has 1 heterocycles.